The highest BCUT2D eigenvalue weighted by Crippen LogP contribution is 2.25. The third-order valence-corrected chi connectivity index (χ3v) is 2.45. The smallest absolute Gasteiger partial charge is 0.247 e. The van der Waals surface area contributed by atoms with Crippen LogP contribution in [0.15, 0.2) is 18.2 Å². The Kier molecular flexibility index (Phi) is 4.44. The molecular formula is C8H7Cl2NOS2. The molecule has 1 rings (SSSR count). The summed E-state index contributed by atoms with van der Waals surface area (Å²) in [7, 11) is 0. The standard InChI is InChI=1S/C8H7Cl2NOS2/c9-4-1-2-5(10)6(3-4)11-7(12)8(13)14/h1-3,8,13-14H,(H,11,12). The summed E-state index contributed by atoms with van der Waals surface area (Å²) in [6, 6.07) is 4.80. The van der Waals surface area contributed by atoms with Gasteiger partial charge in [-0.25, -0.2) is 0 Å². The highest BCUT2D eigenvalue weighted by molar-refractivity contribution is 8.00. The van der Waals surface area contributed by atoms with E-state index in [-0.39, 0.29) is 5.91 Å². The molecule has 1 N–H and O–H groups in total. The van der Waals surface area contributed by atoms with Gasteiger partial charge in [-0.3, -0.25) is 4.79 Å². The Morgan fingerprint density at radius 3 is 2.57 bits per heavy atom. The summed E-state index contributed by atoms with van der Waals surface area (Å²) in [5.74, 6) is -0.346. The zero-order valence-corrected chi connectivity index (χ0v) is 10.2. The second kappa shape index (κ2) is 5.16. The fraction of sp³-hybridized carbons (Fsp3) is 0.125. The van der Waals surface area contributed by atoms with Gasteiger partial charge < -0.3 is 5.32 Å². The van der Waals surface area contributed by atoms with Crippen molar-refractivity contribution >= 4 is 60.1 Å². The Labute approximate surface area is 103 Å². The van der Waals surface area contributed by atoms with Crippen LogP contribution in [0.3, 0.4) is 0 Å². The first-order chi connectivity index (χ1) is 6.50. The molecule has 14 heavy (non-hydrogen) atoms. The van der Waals surface area contributed by atoms with Crippen molar-refractivity contribution in [2.75, 3.05) is 5.32 Å². The lowest BCUT2D eigenvalue weighted by molar-refractivity contribution is -0.114. The first-order valence-electron chi connectivity index (χ1n) is 3.63. The number of hydrogen-bond donors (Lipinski definition) is 3. The fourth-order valence-electron chi connectivity index (χ4n) is 0.791. The van der Waals surface area contributed by atoms with Crippen LogP contribution in [0, 0.1) is 0 Å². The van der Waals surface area contributed by atoms with Crippen molar-refractivity contribution in [3.63, 3.8) is 0 Å². The Morgan fingerprint density at radius 1 is 1.36 bits per heavy atom. The molecule has 0 heterocycles. The van der Waals surface area contributed by atoms with E-state index < -0.39 is 4.58 Å². The molecule has 0 saturated carbocycles. The molecule has 1 amide bonds. The zero-order valence-electron chi connectivity index (χ0n) is 6.87. The van der Waals surface area contributed by atoms with Crippen molar-refractivity contribution in [3.8, 4) is 0 Å². The summed E-state index contributed by atoms with van der Waals surface area (Å²) in [6.07, 6.45) is 0. The maximum atomic E-state index is 11.2. The number of anilines is 1. The number of benzene rings is 1. The summed E-state index contributed by atoms with van der Waals surface area (Å²) in [6.45, 7) is 0. The lowest BCUT2D eigenvalue weighted by Gasteiger charge is -2.08. The number of carbonyl (C=O) groups excluding carboxylic acids is 1. The molecule has 0 aromatic heterocycles. The van der Waals surface area contributed by atoms with Crippen LogP contribution in [0.25, 0.3) is 0 Å². The molecule has 0 bridgehead atoms. The topological polar surface area (TPSA) is 29.1 Å². The molecule has 2 nitrogen and oxygen atoms in total. The van der Waals surface area contributed by atoms with Crippen LogP contribution < -0.4 is 5.32 Å². The van der Waals surface area contributed by atoms with Crippen molar-refractivity contribution in [2.45, 2.75) is 4.58 Å². The lowest BCUT2D eigenvalue weighted by Crippen LogP contribution is -2.18. The van der Waals surface area contributed by atoms with E-state index in [2.05, 4.69) is 30.6 Å². The Balaban J connectivity index is 2.86. The van der Waals surface area contributed by atoms with Crippen LogP contribution in [0.4, 0.5) is 5.69 Å². The van der Waals surface area contributed by atoms with Gasteiger partial charge in [0.25, 0.3) is 0 Å². The molecule has 0 fully saturated rings. The minimum absolute atomic E-state index is 0.346. The SMILES string of the molecule is O=C(Nc1cc(Cl)ccc1Cl)C(S)S. The van der Waals surface area contributed by atoms with Gasteiger partial charge in [0, 0.05) is 5.02 Å². The van der Waals surface area contributed by atoms with Crippen molar-refractivity contribution in [1.29, 1.82) is 0 Å². The number of halogens is 2. The van der Waals surface area contributed by atoms with E-state index in [0.29, 0.717) is 15.7 Å². The molecule has 76 valence electrons. The van der Waals surface area contributed by atoms with Crippen LogP contribution in [-0.4, -0.2) is 10.5 Å². The molecule has 0 atom stereocenters. The van der Waals surface area contributed by atoms with E-state index in [1.165, 1.54) is 0 Å². The molecule has 0 spiro atoms. The monoisotopic (exact) mass is 267 g/mol. The molecule has 0 aliphatic heterocycles. The summed E-state index contributed by atoms with van der Waals surface area (Å²) in [4.78, 5) is 11.2. The number of nitrogens with one attached hydrogen (secondary N) is 1. The summed E-state index contributed by atoms with van der Waals surface area (Å²) < 4.78 is -0.690. The van der Waals surface area contributed by atoms with Crippen LogP contribution in [-0.2, 0) is 4.79 Å². The van der Waals surface area contributed by atoms with Crippen LogP contribution in [0.2, 0.25) is 10.0 Å². The number of thiol groups is 2. The van der Waals surface area contributed by atoms with E-state index in [1.54, 1.807) is 18.2 Å². The molecular weight excluding hydrogens is 261 g/mol. The van der Waals surface area contributed by atoms with Crippen LogP contribution in [0.5, 0.6) is 0 Å². The van der Waals surface area contributed by atoms with Gasteiger partial charge in [0.15, 0.2) is 0 Å². The highest BCUT2D eigenvalue weighted by atomic mass is 35.5. The molecule has 0 radical (unpaired) electrons. The number of hydrogen-bond acceptors (Lipinski definition) is 3. The molecule has 1 aromatic carbocycles. The normalized spacial score (nSPS) is 10.4. The fourth-order valence-corrected chi connectivity index (χ4v) is 1.26. The minimum atomic E-state index is -0.690. The maximum absolute atomic E-state index is 11.2. The quantitative estimate of drug-likeness (QED) is 0.558. The van der Waals surface area contributed by atoms with E-state index >= 15 is 0 Å². The Hall–Kier alpha value is -0.0300. The average molecular weight is 268 g/mol. The number of amides is 1. The van der Waals surface area contributed by atoms with Crippen molar-refractivity contribution in [3.05, 3.63) is 28.2 Å². The summed E-state index contributed by atoms with van der Waals surface area (Å²) in [5, 5.41) is 3.46. The second-order valence-corrected chi connectivity index (χ2v) is 4.77. The average Bonchev–Trinajstić information content (AvgIpc) is 2.11. The van der Waals surface area contributed by atoms with E-state index in [1.807, 2.05) is 0 Å². The van der Waals surface area contributed by atoms with E-state index in [0.717, 1.165) is 0 Å². The predicted molar refractivity (Wildman–Crippen MR) is 66.9 cm³/mol. The van der Waals surface area contributed by atoms with Gasteiger partial charge in [0.2, 0.25) is 5.91 Å². The van der Waals surface area contributed by atoms with Gasteiger partial charge in [0.1, 0.15) is 4.58 Å². The van der Waals surface area contributed by atoms with Crippen molar-refractivity contribution < 1.29 is 4.79 Å². The minimum Gasteiger partial charge on any atom is -0.323 e. The Bertz CT molecular complexity index is 357. The first kappa shape index (κ1) is 12.0. The van der Waals surface area contributed by atoms with Crippen LogP contribution in [0.1, 0.15) is 0 Å². The van der Waals surface area contributed by atoms with E-state index in [4.69, 9.17) is 23.2 Å². The molecule has 1 aromatic rings. The van der Waals surface area contributed by atoms with Crippen molar-refractivity contribution in [2.24, 2.45) is 0 Å². The molecule has 0 unspecified atom stereocenters. The highest BCUT2D eigenvalue weighted by Gasteiger charge is 2.10. The molecule has 0 aliphatic carbocycles. The van der Waals surface area contributed by atoms with Crippen molar-refractivity contribution in [1.82, 2.24) is 0 Å². The number of carbonyl (C=O) groups is 1. The van der Waals surface area contributed by atoms with Gasteiger partial charge >= 0.3 is 0 Å². The van der Waals surface area contributed by atoms with Gasteiger partial charge in [-0.05, 0) is 18.2 Å². The Morgan fingerprint density at radius 2 is 2.00 bits per heavy atom. The maximum Gasteiger partial charge on any atom is 0.247 e. The zero-order chi connectivity index (χ0) is 10.7. The van der Waals surface area contributed by atoms with Gasteiger partial charge in [-0.1, -0.05) is 23.2 Å². The second-order valence-electron chi connectivity index (χ2n) is 2.49. The third-order valence-electron chi connectivity index (χ3n) is 1.42. The van der Waals surface area contributed by atoms with Crippen LogP contribution >= 0.6 is 48.5 Å². The van der Waals surface area contributed by atoms with Gasteiger partial charge in [0.05, 0.1) is 10.7 Å². The van der Waals surface area contributed by atoms with E-state index in [9.17, 15) is 4.79 Å². The first-order valence-corrected chi connectivity index (χ1v) is 5.41. The largest absolute Gasteiger partial charge is 0.323 e. The van der Waals surface area contributed by atoms with Gasteiger partial charge in [-0.2, -0.15) is 25.3 Å². The third kappa shape index (κ3) is 3.28. The molecule has 0 aliphatic rings. The molecule has 6 heteroatoms. The molecule has 0 saturated heterocycles. The van der Waals surface area contributed by atoms with Gasteiger partial charge in [-0.15, -0.1) is 0 Å². The lowest BCUT2D eigenvalue weighted by atomic mass is 10.3. The number of rotatable bonds is 2. The summed E-state index contributed by atoms with van der Waals surface area (Å²) in [5.41, 5.74) is 0.456. The predicted octanol–water partition coefficient (Wildman–Crippen LogP) is 3.12. The summed E-state index contributed by atoms with van der Waals surface area (Å²) >= 11 is 19.3.